The van der Waals surface area contributed by atoms with Crippen LogP contribution in [0.15, 0.2) is 60.7 Å². The van der Waals surface area contributed by atoms with E-state index in [-0.39, 0.29) is 18.2 Å². The van der Waals surface area contributed by atoms with Crippen molar-refractivity contribution in [2.75, 3.05) is 6.61 Å². The van der Waals surface area contributed by atoms with Crippen molar-refractivity contribution in [1.82, 2.24) is 16.2 Å². The highest BCUT2D eigenvalue weighted by Crippen LogP contribution is 2.06. The fourth-order valence-electron chi connectivity index (χ4n) is 2.55. The van der Waals surface area contributed by atoms with Crippen LogP contribution in [0.1, 0.15) is 29.8 Å². The molecule has 2 rings (SSSR count). The Hall–Kier alpha value is -3.68. The number of carbonyl (C=O) groups excluding carboxylic acids is 4. The molecule has 0 radical (unpaired) electrons. The molecular formula is C22H25N3O5. The van der Waals surface area contributed by atoms with Gasteiger partial charge < -0.3 is 10.1 Å². The lowest BCUT2D eigenvalue weighted by molar-refractivity contribution is -0.152. The minimum absolute atomic E-state index is 0.128. The molecule has 0 aromatic heterocycles. The third-order valence-corrected chi connectivity index (χ3v) is 4.14. The molecule has 8 nitrogen and oxygen atoms in total. The summed E-state index contributed by atoms with van der Waals surface area (Å²) < 4.78 is 5.00. The molecule has 0 saturated heterocycles. The molecule has 30 heavy (non-hydrogen) atoms. The molecule has 3 amide bonds. The Balaban J connectivity index is 1.79. The molecule has 0 bridgehead atoms. The summed E-state index contributed by atoms with van der Waals surface area (Å²) in [6.45, 7) is 2.93. The first-order chi connectivity index (χ1) is 14.4. The summed E-state index contributed by atoms with van der Waals surface area (Å²) in [6, 6.07) is 16.6. The zero-order valence-electron chi connectivity index (χ0n) is 16.9. The van der Waals surface area contributed by atoms with Crippen LogP contribution in [0.4, 0.5) is 0 Å². The van der Waals surface area contributed by atoms with E-state index in [0.29, 0.717) is 5.56 Å². The lowest BCUT2D eigenvalue weighted by Crippen LogP contribution is -2.48. The number of esters is 1. The summed E-state index contributed by atoms with van der Waals surface area (Å²) >= 11 is 0. The molecular weight excluding hydrogens is 386 g/mol. The van der Waals surface area contributed by atoms with Gasteiger partial charge in [-0.3, -0.25) is 25.2 Å². The van der Waals surface area contributed by atoms with Crippen LogP contribution in [0.5, 0.6) is 0 Å². The Morgan fingerprint density at radius 1 is 0.833 bits per heavy atom. The van der Waals surface area contributed by atoms with E-state index in [2.05, 4.69) is 16.2 Å². The molecule has 0 spiro atoms. The van der Waals surface area contributed by atoms with Gasteiger partial charge in [0.05, 0.1) is 6.42 Å². The highest BCUT2D eigenvalue weighted by molar-refractivity contribution is 5.95. The average Bonchev–Trinajstić information content (AvgIpc) is 2.75. The van der Waals surface area contributed by atoms with E-state index >= 15 is 0 Å². The molecule has 0 fully saturated rings. The molecule has 0 saturated carbocycles. The number of benzene rings is 2. The predicted octanol–water partition coefficient (Wildman–Crippen LogP) is 1.37. The van der Waals surface area contributed by atoms with Gasteiger partial charge >= 0.3 is 5.97 Å². The number of hydrogen-bond acceptors (Lipinski definition) is 5. The highest BCUT2D eigenvalue weighted by Gasteiger charge is 2.26. The van der Waals surface area contributed by atoms with E-state index in [9.17, 15) is 19.2 Å². The first kappa shape index (κ1) is 22.6. The van der Waals surface area contributed by atoms with Crippen LogP contribution in [-0.2, 0) is 25.5 Å². The monoisotopic (exact) mass is 411 g/mol. The van der Waals surface area contributed by atoms with E-state index in [1.165, 1.54) is 0 Å². The van der Waals surface area contributed by atoms with Gasteiger partial charge in [-0.2, -0.15) is 0 Å². The fraction of sp³-hybridized carbons (Fsp3) is 0.273. The number of rotatable bonds is 8. The van der Waals surface area contributed by atoms with E-state index in [4.69, 9.17) is 4.74 Å². The Morgan fingerprint density at radius 3 is 2.03 bits per heavy atom. The van der Waals surface area contributed by atoms with Crippen LogP contribution in [0, 0.1) is 5.92 Å². The predicted molar refractivity (Wildman–Crippen MR) is 110 cm³/mol. The van der Waals surface area contributed by atoms with Crippen LogP contribution in [-0.4, -0.2) is 36.3 Å². The van der Waals surface area contributed by atoms with Crippen molar-refractivity contribution in [3.05, 3.63) is 71.8 Å². The summed E-state index contributed by atoms with van der Waals surface area (Å²) in [5.41, 5.74) is 5.60. The van der Waals surface area contributed by atoms with E-state index in [1.807, 2.05) is 30.3 Å². The number of hydrazine groups is 1. The van der Waals surface area contributed by atoms with Gasteiger partial charge in [0, 0.05) is 5.56 Å². The molecule has 0 aliphatic heterocycles. The van der Waals surface area contributed by atoms with Gasteiger partial charge in [-0.05, 0) is 23.6 Å². The molecule has 158 valence electrons. The number of hydrogen-bond donors (Lipinski definition) is 3. The SMILES string of the molecule is CC(C)C(NC(=O)Cc1ccccc1)C(=O)OCC(=O)NNC(=O)c1ccccc1. The summed E-state index contributed by atoms with van der Waals surface area (Å²) in [5, 5.41) is 2.65. The quantitative estimate of drug-likeness (QED) is 0.449. The number of amides is 3. The summed E-state index contributed by atoms with van der Waals surface area (Å²) in [6.07, 6.45) is 0.128. The second kappa shape index (κ2) is 11.4. The van der Waals surface area contributed by atoms with Crippen molar-refractivity contribution >= 4 is 23.7 Å². The van der Waals surface area contributed by atoms with E-state index in [0.717, 1.165) is 5.56 Å². The summed E-state index contributed by atoms with van der Waals surface area (Å²) in [4.78, 5) is 48.3. The van der Waals surface area contributed by atoms with E-state index < -0.39 is 30.4 Å². The van der Waals surface area contributed by atoms with Crippen molar-refractivity contribution < 1.29 is 23.9 Å². The maximum Gasteiger partial charge on any atom is 0.329 e. The van der Waals surface area contributed by atoms with Gasteiger partial charge in [0.15, 0.2) is 6.61 Å². The van der Waals surface area contributed by atoms with Crippen molar-refractivity contribution in [3.63, 3.8) is 0 Å². The third-order valence-electron chi connectivity index (χ3n) is 4.14. The second-order valence-electron chi connectivity index (χ2n) is 6.93. The molecule has 0 aliphatic rings. The standard InChI is InChI=1S/C22H25N3O5/c1-15(2)20(23-18(26)13-16-9-5-3-6-10-16)22(29)30-14-19(27)24-25-21(28)17-11-7-4-8-12-17/h3-12,15,20H,13-14H2,1-2H3,(H,23,26)(H,24,27)(H,25,28). The molecule has 3 N–H and O–H groups in total. The maximum atomic E-state index is 12.3. The largest absolute Gasteiger partial charge is 0.454 e. The lowest BCUT2D eigenvalue weighted by atomic mass is 10.0. The van der Waals surface area contributed by atoms with Gasteiger partial charge in [-0.25, -0.2) is 4.79 Å². The van der Waals surface area contributed by atoms with Gasteiger partial charge in [-0.15, -0.1) is 0 Å². The van der Waals surface area contributed by atoms with Crippen molar-refractivity contribution in [2.45, 2.75) is 26.3 Å². The number of ether oxygens (including phenoxy) is 1. The van der Waals surface area contributed by atoms with E-state index in [1.54, 1.807) is 44.2 Å². The Morgan fingerprint density at radius 2 is 1.43 bits per heavy atom. The van der Waals surface area contributed by atoms with Crippen molar-refractivity contribution in [1.29, 1.82) is 0 Å². The van der Waals surface area contributed by atoms with Gasteiger partial charge in [-0.1, -0.05) is 62.4 Å². The first-order valence-electron chi connectivity index (χ1n) is 9.51. The van der Waals surface area contributed by atoms with Crippen LogP contribution < -0.4 is 16.2 Å². The molecule has 0 heterocycles. The van der Waals surface area contributed by atoms with Crippen LogP contribution >= 0.6 is 0 Å². The fourth-order valence-corrected chi connectivity index (χ4v) is 2.55. The highest BCUT2D eigenvalue weighted by atomic mass is 16.5. The maximum absolute atomic E-state index is 12.3. The Kier molecular flexibility index (Phi) is 8.56. The number of carbonyl (C=O) groups is 4. The minimum Gasteiger partial charge on any atom is -0.454 e. The van der Waals surface area contributed by atoms with Crippen molar-refractivity contribution in [2.24, 2.45) is 5.92 Å². The average molecular weight is 411 g/mol. The normalized spacial score (nSPS) is 11.3. The zero-order valence-corrected chi connectivity index (χ0v) is 16.9. The topological polar surface area (TPSA) is 114 Å². The van der Waals surface area contributed by atoms with Crippen LogP contribution in [0.3, 0.4) is 0 Å². The molecule has 2 aromatic rings. The van der Waals surface area contributed by atoms with Gasteiger partial charge in [0.25, 0.3) is 11.8 Å². The van der Waals surface area contributed by atoms with Crippen molar-refractivity contribution in [3.8, 4) is 0 Å². The zero-order chi connectivity index (χ0) is 21.9. The van der Waals surface area contributed by atoms with Crippen LogP contribution in [0.25, 0.3) is 0 Å². The smallest absolute Gasteiger partial charge is 0.329 e. The molecule has 0 aliphatic carbocycles. The third kappa shape index (κ3) is 7.38. The lowest BCUT2D eigenvalue weighted by Gasteiger charge is -2.20. The molecule has 1 atom stereocenters. The van der Waals surface area contributed by atoms with Gasteiger partial charge in [0.2, 0.25) is 5.91 Å². The van der Waals surface area contributed by atoms with Crippen LogP contribution in [0.2, 0.25) is 0 Å². The summed E-state index contributed by atoms with van der Waals surface area (Å²) in [7, 11) is 0. The minimum atomic E-state index is -0.895. The molecule has 1 unspecified atom stereocenters. The Labute approximate surface area is 175 Å². The first-order valence-corrected chi connectivity index (χ1v) is 9.51. The summed E-state index contributed by atoms with van der Waals surface area (Å²) in [5.74, 6) is -2.49. The number of nitrogens with one attached hydrogen (secondary N) is 3. The molecule has 2 aromatic carbocycles. The second-order valence-corrected chi connectivity index (χ2v) is 6.93. The Bertz CT molecular complexity index is 869. The van der Waals surface area contributed by atoms with Gasteiger partial charge in [0.1, 0.15) is 6.04 Å². The molecule has 8 heteroatoms.